The molecule has 1 atom stereocenters. The monoisotopic (exact) mass is 239 g/mol. The normalized spacial score (nSPS) is 23.2. The van der Waals surface area contributed by atoms with E-state index in [4.69, 9.17) is 4.74 Å². The first kappa shape index (κ1) is 11.2. The van der Waals surface area contributed by atoms with Gasteiger partial charge in [-0.2, -0.15) is 11.8 Å². The molecule has 0 saturated heterocycles. The van der Waals surface area contributed by atoms with Crippen molar-refractivity contribution in [1.82, 2.24) is 4.98 Å². The zero-order chi connectivity index (χ0) is 11.6. The highest BCUT2D eigenvalue weighted by atomic mass is 32.2. The third-order valence-electron chi connectivity index (χ3n) is 2.44. The standard InChI is InChI=1S/C10H13N3O2S/c1-15-10(6-16-2)9(14)12-7-4-3-5-11-8(7)13-10/h3-5H,6H2,1-2H3,(H,11,13)(H,12,14). The molecule has 0 aliphatic carbocycles. The molecule has 0 spiro atoms. The van der Waals surface area contributed by atoms with Crippen LogP contribution in [0.4, 0.5) is 11.5 Å². The topological polar surface area (TPSA) is 63.2 Å². The van der Waals surface area contributed by atoms with Crippen LogP contribution in [0.15, 0.2) is 18.3 Å². The number of amides is 1. The van der Waals surface area contributed by atoms with E-state index in [9.17, 15) is 4.79 Å². The molecule has 1 aromatic rings. The van der Waals surface area contributed by atoms with Gasteiger partial charge < -0.3 is 15.4 Å². The van der Waals surface area contributed by atoms with Crippen molar-refractivity contribution < 1.29 is 9.53 Å². The lowest BCUT2D eigenvalue weighted by atomic mass is 10.1. The van der Waals surface area contributed by atoms with Gasteiger partial charge >= 0.3 is 0 Å². The largest absolute Gasteiger partial charge is 0.350 e. The molecule has 86 valence electrons. The van der Waals surface area contributed by atoms with Crippen molar-refractivity contribution in [1.29, 1.82) is 0 Å². The van der Waals surface area contributed by atoms with E-state index in [-0.39, 0.29) is 5.91 Å². The summed E-state index contributed by atoms with van der Waals surface area (Å²) in [5.41, 5.74) is -0.345. The second-order valence-electron chi connectivity index (χ2n) is 3.44. The maximum atomic E-state index is 12.0. The number of rotatable bonds is 3. The van der Waals surface area contributed by atoms with Crippen LogP contribution in [0, 0.1) is 0 Å². The Morgan fingerprint density at radius 2 is 2.44 bits per heavy atom. The molecule has 16 heavy (non-hydrogen) atoms. The molecular weight excluding hydrogens is 226 g/mol. The highest BCUT2D eigenvalue weighted by molar-refractivity contribution is 7.98. The van der Waals surface area contributed by atoms with Crippen LogP contribution in [0.5, 0.6) is 0 Å². The van der Waals surface area contributed by atoms with Gasteiger partial charge in [0.2, 0.25) is 5.72 Å². The van der Waals surface area contributed by atoms with Crippen LogP contribution in [0.2, 0.25) is 0 Å². The molecule has 0 radical (unpaired) electrons. The lowest BCUT2D eigenvalue weighted by Crippen LogP contribution is -2.56. The van der Waals surface area contributed by atoms with Crippen molar-refractivity contribution >= 4 is 29.2 Å². The molecule has 0 aromatic carbocycles. The summed E-state index contributed by atoms with van der Waals surface area (Å²) in [4.78, 5) is 16.1. The Hall–Kier alpha value is -1.27. The SMILES string of the molecule is COC1(CSC)Nc2ncccc2NC1=O. The molecule has 1 amide bonds. The first-order chi connectivity index (χ1) is 7.72. The van der Waals surface area contributed by atoms with Gasteiger partial charge in [-0.25, -0.2) is 4.98 Å². The van der Waals surface area contributed by atoms with Crippen LogP contribution < -0.4 is 10.6 Å². The van der Waals surface area contributed by atoms with Crippen LogP contribution in [-0.4, -0.2) is 35.7 Å². The van der Waals surface area contributed by atoms with Crippen LogP contribution in [0.25, 0.3) is 0 Å². The smallest absolute Gasteiger partial charge is 0.278 e. The van der Waals surface area contributed by atoms with Crippen LogP contribution >= 0.6 is 11.8 Å². The summed E-state index contributed by atoms with van der Waals surface area (Å²) in [5, 5.41) is 5.83. The van der Waals surface area contributed by atoms with Crippen molar-refractivity contribution in [2.75, 3.05) is 29.8 Å². The molecule has 1 aliphatic heterocycles. The lowest BCUT2D eigenvalue weighted by molar-refractivity contribution is -0.132. The van der Waals surface area contributed by atoms with Crippen molar-refractivity contribution in [3.8, 4) is 0 Å². The minimum absolute atomic E-state index is 0.190. The molecule has 5 nitrogen and oxygen atoms in total. The molecule has 6 heteroatoms. The quantitative estimate of drug-likeness (QED) is 0.828. The van der Waals surface area contributed by atoms with Gasteiger partial charge in [0.25, 0.3) is 5.91 Å². The Labute approximate surface area is 98.0 Å². The van der Waals surface area contributed by atoms with Crippen molar-refractivity contribution in [2.45, 2.75) is 5.72 Å². The molecule has 1 aliphatic rings. The van der Waals surface area contributed by atoms with Crippen molar-refractivity contribution in [3.63, 3.8) is 0 Å². The Bertz CT molecular complexity index is 413. The van der Waals surface area contributed by atoms with E-state index in [2.05, 4.69) is 15.6 Å². The van der Waals surface area contributed by atoms with E-state index in [1.54, 1.807) is 18.3 Å². The third kappa shape index (κ3) is 1.74. The van der Waals surface area contributed by atoms with Crippen LogP contribution in [0.1, 0.15) is 0 Å². The van der Waals surface area contributed by atoms with E-state index in [1.807, 2.05) is 6.26 Å². The van der Waals surface area contributed by atoms with Gasteiger partial charge in [0.1, 0.15) is 0 Å². The Morgan fingerprint density at radius 1 is 1.62 bits per heavy atom. The minimum Gasteiger partial charge on any atom is -0.350 e. The predicted molar refractivity (Wildman–Crippen MR) is 64.6 cm³/mol. The zero-order valence-corrected chi connectivity index (χ0v) is 9.93. The number of methoxy groups -OCH3 is 1. The lowest BCUT2D eigenvalue weighted by Gasteiger charge is -2.35. The number of nitrogens with zero attached hydrogens (tertiary/aromatic N) is 1. The number of carbonyl (C=O) groups is 1. The van der Waals surface area contributed by atoms with E-state index in [0.717, 1.165) is 0 Å². The van der Waals surface area contributed by atoms with Crippen molar-refractivity contribution in [3.05, 3.63) is 18.3 Å². The molecule has 1 unspecified atom stereocenters. The number of hydrogen-bond acceptors (Lipinski definition) is 5. The minimum atomic E-state index is -1.03. The summed E-state index contributed by atoms with van der Waals surface area (Å²) in [6.45, 7) is 0. The van der Waals surface area contributed by atoms with Gasteiger partial charge in [0.15, 0.2) is 5.82 Å². The molecule has 2 rings (SSSR count). The van der Waals surface area contributed by atoms with Gasteiger partial charge in [0, 0.05) is 13.3 Å². The maximum absolute atomic E-state index is 12.0. The number of ether oxygens (including phenoxy) is 1. The van der Waals surface area contributed by atoms with Gasteiger partial charge in [-0.05, 0) is 18.4 Å². The number of anilines is 2. The summed E-state index contributed by atoms with van der Waals surface area (Å²) in [7, 11) is 1.51. The average molecular weight is 239 g/mol. The number of hydrogen-bond donors (Lipinski definition) is 2. The zero-order valence-electron chi connectivity index (χ0n) is 9.11. The van der Waals surface area contributed by atoms with Gasteiger partial charge in [0.05, 0.1) is 11.4 Å². The molecule has 0 saturated carbocycles. The third-order valence-corrected chi connectivity index (χ3v) is 3.13. The summed E-state index contributed by atoms with van der Waals surface area (Å²) in [6, 6.07) is 3.57. The van der Waals surface area contributed by atoms with Crippen molar-refractivity contribution in [2.24, 2.45) is 0 Å². The molecule has 2 N–H and O–H groups in total. The summed E-state index contributed by atoms with van der Waals surface area (Å²) >= 11 is 1.53. The molecule has 1 aromatic heterocycles. The fourth-order valence-electron chi connectivity index (χ4n) is 1.58. The second-order valence-corrected chi connectivity index (χ2v) is 4.31. The fraction of sp³-hybridized carbons (Fsp3) is 0.400. The molecule has 2 heterocycles. The van der Waals surface area contributed by atoms with Crippen LogP contribution in [0.3, 0.4) is 0 Å². The van der Waals surface area contributed by atoms with Gasteiger partial charge in [-0.3, -0.25) is 4.79 Å². The van der Waals surface area contributed by atoms with E-state index in [0.29, 0.717) is 17.3 Å². The fourth-order valence-corrected chi connectivity index (χ4v) is 2.31. The van der Waals surface area contributed by atoms with E-state index < -0.39 is 5.72 Å². The van der Waals surface area contributed by atoms with E-state index >= 15 is 0 Å². The number of pyridine rings is 1. The number of nitrogens with one attached hydrogen (secondary N) is 2. The highest BCUT2D eigenvalue weighted by Gasteiger charge is 2.42. The first-order valence-corrected chi connectivity index (χ1v) is 6.20. The number of carbonyl (C=O) groups excluding carboxylic acids is 1. The van der Waals surface area contributed by atoms with Crippen LogP contribution in [-0.2, 0) is 9.53 Å². The molecule has 0 bridgehead atoms. The average Bonchev–Trinajstić information content (AvgIpc) is 2.30. The number of aromatic nitrogens is 1. The summed E-state index contributed by atoms with van der Waals surface area (Å²) in [5.74, 6) is 0.966. The first-order valence-electron chi connectivity index (χ1n) is 4.80. The molecule has 0 fully saturated rings. The predicted octanol–water partition coefficient (Wildman–Crippen LogP) is 1.15. The number of fused-ring (bicyclic) bond motifs is 1. The Morgan fingerprint density at radius 3 is 3.12 bits per heavy atom. The van der Waals surface area contributed by atoms with Gasteiger partial charge in [-0.15, -0.1) is 0 Å². The highest BCUT2D eigenvalue weighted by Crippen LogP contribution is 2.30. The maximum Gasteiger partial charge on any atom is 0.278 e. The second kappa shape index (κ2) is 4.31. The molecular formula is C10H13N3O2S. The Balaban J connectivity index is 2.36. The van der Waals surface area contributed by atoms with E-state index in [1.165, 1.54) is 18.9 Å². The summed E-state index contributed by atoms with van der Waals surface area (Å²) in [6.07, 6.45) is 3.59. The number of thioether (sulfide) groups is 1. The summed E-state index contributed by atoms with van der Waals surface area (Å²) < 4.78 is 5.30. The Kier molecular flexibility index (Phi) is 3.02. The van der Waals surface area contributed by atoms with Gasteiger partial charge in [-0.1, -0.05) is 0 Å².